The fourth-order valence-corrected chi connectivity index (χ4v) is 6.92. The number of hydrazone groups is 1. The molecule has 1 aliphatic heterocycles. The van der Waals surface area contributed by atoms with Crippen LogP contribution in [-0.2, 0) is 16.1 Å². The number of carbonyl (C=O) groups is 2. The molecule has 2 heterocycles. The Morgan fingerprint density at radius 1 is 0.771 bits per heavy atom. The molecule has 1 fully saturated rings. The van der Waals surface area contributed by atoms with E-state index >= 15 is 0 Å². The van der Waals surface area contributed by atoms with Gasteiger partial charge in [-0.2, -0.15) is 10.1 Å². The third-order valence-corrected chi connectivity index (χ3v) is 8.32. The van der Waals surface area contributed by atoms with E-state index in [-0.39, 0.29) is 23.7 Å². The molecular weight excluding hydrogens is 434 g/mol. The van der Waals surface area contributed by atoms with Gasteiger partial charge in [0.15, 0.2) is 0 Å². The summed E-state index contributed by atoms with van der Waals surface area (Å²) in [4.78, 5) is 27.6. The Hall–Kier alpha value is -3.99. The average Bonchev–Trinajstić information content (AvgIpc) is 3.32. The van der Waals surface area contributed by atoms with Gasteiger partial charge in [0.1, 0.15) is 0 Å². The molecule has 0 radical (unpaired) electrons. The Morgan fingerprint density at radius 3 is 1.77 bits per heavy atom. The summed E-state index contributed by atoms with van der Waals surface area (Å²) >= 11 is 0. The van der Waals surface area contributed by atoms with Crippen LogP contribution in [0.15, 0.2) is 77.9 Å². The van der Waals surface area contributed by atoms with Gasteiger partial charge in [0.2, 0.25) is 0 Å². The maximum absolute atomic E-state index is 13.8. The zero-order valence-electron chi connectivity index (χ0n) is 19.7. The van der Waals surface area contributed by atoms with Crippen LogP contribution < -0.4 is 0 Å². The molecule has 4 aliphatic rings. The van der Waals surface area contributed by atoms with Crippen LogP contribution >= 0.6 is 0 Å². The van der Waals surface area contributed by atoms with Gasteiger partial charge in [0.25, 0.3) is 11.8 Å². The Bertz CT molecular complexity index is 1460. The highest BCUT2D eigenvalue weighted by Gasteiger charge is 2.61. The first-order chi connectivity index (χ1) is 17.1. The van der Waals surface area contributed by atoms with Gasteiger partial charge in [0, 0.05) is 40.5 Å². The number of hydrogen-bond acceptors (Lipinski definition) is 3. The first-order valence-electron chi connectivity index (χ1n) is 12.3. The second kappa shape index (κ2) is 7.25. The number of hydrogen-bond donors (Lipinski definition) is 0. The van der Waals surface area contributed by atoms with E-state index in [0.717, 1.165) is 33.7 Å². The van der Waals surface area contributed by atoms with Crippen molar-refractivity contribution < 1.29 is 9.59 Å². The first kappa shape index (κ1) is 20.4. The number of imide groups is 1. The van der Waals surface area contributed by atoms with Crippen molar-refractivity contribution in [1.29, 1.82) is 0 Å². The predicted molar refractivity (Wildman–Crippen MR) is 135 cm³/mol. The number of nitrogens with zero attached hydrogens (tertiary/aromatic N) is 3. The Kier molecular flexibility index (Phi) is 4.23. The highest BCUT2D eigenvalue weighted by atomic mass is 16.2. The summed E-state index contributed by atoms with van der Waals surface area (Å²) in [6.45, 7) is 5.02. The van der Waals surface area contributed by atoms with E-state index in [1.165, 1.54) is 22.3 Å². The monoisotopic (exact) mass is 459 g/mol. The van der Waals surface area contributed by atoms with Crippen LogP contribution in [0.25, 0.3) is 10.9 Å². The number of amides is 2. The standard InChI is InChI=1S/C30H25N3O2/c1-3-32-17(2)23(18-10-8-9-15-24(18)32)16-31-33-29(34)27-25-19-11-4-5-12-20(19)26(28(27)30(33)35)22-14-7-6-13-21(22)25/h4-16,25-28H,3H2,1-2H3/b31-16-/t25?,26?,27-,28-/m0/s1. The van der Waals surface area contributed by atoms with Crippen LogP contribution in [0.5, 0.6) is 0 Å². The average molecular weight is 460 g/mol. The van der Waals surface area contributed by atoms with Crippen molar-refractivity contribution >= 4 is 28.9 Å². The van der Waals surface area contributed by atoms with Crippen LogP contribution in [-0.4, -0.2) is 27.6 Å². The number of benzene rings is 3. The van der Waals surface area contributed by atoms with Crippen molar-refractivity contribution in [2.45, 2.75) is 32.2 Å². The van der Waals surface area contributed by atoms with Crippen LogP contribution in [0.3, 0.4) is 0 Å². The Morgan fingerprint density at radius 2 is 1.26 bits per heavy atom. The number of fused-ring (bicyclic) bond motifs is 1. The molecule has 0 N–H and O–H groups in total. The molecule has 35 heavy (non-hydrogen) atoms. The van der Waals surface area contributed by atoms with Crippen LogP contribution in [0, 0.1) is 18.8 Å². The quantitative estimate of drug-likeness (QED) is 0.313. The summed E-state index contributed by atoms with van der Waals surface area (Å²) in [7, 11) is 0. The lowest BCUT2D eigenvalue weighted by Crippen LogP contribution is -2.41. The Labute approximate surface area is 203 Å². The van der Waals surface area contributed by atoms with Crippen molar-refractivity contribution in [3.8, 4) is 0 Å². The lowest BCUT2D eigenvalue weighted by molar-refractivity contribution is -0.139. The largest absolute Gasteiger partial charge is 0.344 e. The van der Waals surface area contributed by atoms with Gasteiger partial charge >= 0.3 is 0 Å². The third kappa shape index (κ3) is 2.55. The fourth-order valence-electron chi connectivity index (χ4n) is 6.92. The van der Waals surface area contributed by atoms with E-state index in [0.29, 0.717) is 0 Å². The van der Waals surface area contributed by atoms with Crippen molar-refractivity contribution in [2.24, 2.45) is 16.9 Å². The van der Waals surface area contributed by atoms with Gasteiger partial charge in [-0.25, -0.2) is 0 Å². The second-order valence-electron chi connectivity index (χ2n) is 9.76. The van der Waals surface area contributed by atoms with Crippen molar-refractivity contribution in [3.05, 3.63) is 106 Å². The minimum absolute atomic E-state index is 0.113. The van der Waals surface area contributed by atoms with Gasteiger partial charge < -0.3 is 4.57 Å². The van der Waals surface area contributed by atoms with Gasteiger partial charge in [-0.15, -0.1) is 0 Å². The van der Waals surface area contributed by atoms with Gasteiger partial charge in [-0.3, -0.25) is 9.59 Å². The van der Waals surface area contributed by atoms with E-state index in [1.54, 1.807) is 6.21 Å². The van der Waals surface area contributed by atoms with E-state index in [9.17, 15) is 9.59 Å². The summed E-state index contributed by atoms with van der Waals surface area (Å²) in [6, 6.07) is 24.8. The number of aromatic nitrogens is 1. The van der Waals surface area contributed by atoms with Crippen LogP contribution in [0.4, 0.5) is 0 Å². The fraction of sp³-hybridized carbons (Fsp3) is 0.233. The smallest absolute Gasteiger partial charge is 0.254 e. The summed E-state index contributed by atoms with van der Waals surface area (Å²) in [5.74, 6) is -1.42. The van der Waals surface area contributed by atoms with Crippen molar-refractivity contribution in [2.75, 3.05) is 0 Å². The second-order valence-corrected chi connectivity index (χ2v) is 9.76. The molecule has 1 saturated heterocycles. The molecule has 4 aromatic rings. The molecule has 8 rings (SSSR count). The summed E-state index contributed by atoms with van der Waals surface area (Å²) < 4.78 is 2.23. The van der Waals surface area contributed by atoms with Gasteiger partial charge in [-0.1, -0.05) is 66.7 Å². The topological polar surface area (TPSA) is 54.7 Å². The molecule has 172 valence electrons. The molecule has 2 amide bonds. The highest BCUT2D eigenvalue weighted by Crippen LogP contribution is 2.60. The minimum Gasteiger partial charge on any atom is -0.344 e. The number of carbonyl (C=O) groups excluding carboxylic acids is 2. The number of aryl methyl sites for hydroxylation is 1. The van der Waals surface area contributed by atoms with E-state index < -0.39 is 11.8 Å². The summed E-state index contributed by atoms with van der Waals surface area (Å²) in [5, 5.41) is 6.79. The zero-order chi connectivity index (χ0) is 23.8. The van der Waals surface area contributed by atoms with Crippen LogP contribution in [0.2, 0.25) is 0 Å². The summed E-state index contributed by atoms with van der Waals surface area (Å²) in [6.07, 6.45) is 1.71. The first-order valence-corrected chi connectivity index (χ1v) is 12.3. The Balaban J connectivity index is 1.33. The lowest BCUT2D eigenvalue weighted by atomic mass is 9.55. The normalized spacial score (nSPS) is 24.3. The maximum atomic E-state index is 13.8. The van der Waals surface area contributed by atoms with Crippen molar-refractivity contribution in [1.82, 2.24) is 9.58 Å². The summed E-state index contributed by atoms with van der Waals surface area (Å²) in [5.41, 5.74) is 7.85. The predicted octanol–water partition coefficient (Wildman–Crippen LogP) is 5.20. The molecule has 1 aromatic heterocycles. The van der Waals surface area contributed by atoms with E-state index in [1.807, 2.05) is 36.4 Å². The third-order valence-electron chi connectivity index (χ3n) is 8.32. The van der Waals surface area contributed by atoms with E-state index in [2.05, 4.69) is 59.9 Å². The highest BCUT2D eigenvalue weighted by molar-refractivity contribution is 6.09. The maximum Gasteiger partial charge on any atom is 0.254 e. The molecule has 2 bridgehead atoms. The van der Waals surface area contributed by atoms with Gasteiger partial charge in [-0.05, 0) is 42.2 Å². The zero-order valence-corrected chi connectivity index (χ0v) is 19.7. The number of rotatable bonds is 3. The molecular formula is C30H25N3O2. The molecule has 0 spiro atoms. The van der Waals surface area contributed by atoms with E-state index in [4.69, 9.17) is 0 Å². The van der Waals surface area contributed by atoms with Gasteiger partial charge in [0.05, 0.1) is 18.1 Å². The molecule has 3 aliphatic carbocycles. The minimum atomic E-state index is -0.410. The molecule has 0 unspecified atom stereocenters. The SMILES string of the molecule is CCn1c(C)c(/C=N\N2C(=O)[C@H]3C4c5ccccc5C(c5ccccc54)[C@@H]3C2=O)c2ccccc21. The molecule has 0 saturated carbocycles. The molecule has 3 aromatic carbocycles. The van der Waals surface area contributed by atoms with Crippen molar-refractivity contribution in [3.63, 3.8) is 0 Å². The molecule has 5 heteroatoms. The van der Waals surface area contributed by atoms with Crippen LogP contribution in [0.1, 0.15) is 52.3 Å². The molecule has 2 atom stereocenters. The molecule has 5 nitrogen and oxygen atoms in total. The number of para-hydroxylation sites is 1. The lowest BCUT2D eigenvalue weighted by Gasteiger charge is -2.45.